The van der Waals surface area contributed by atoms with Crippen LogP contribution in [-0.4, -0.2) is 21.0 Å². The molecule has 5 heteroatoms. The first kappa shape index (κ1) is 12.2. The smallest absolute Gasteiger partial charge is 0.261 e. The Labute approximate surface area is 115 Å². The van der Waals surface area contributed by atoms with Crippen LogP contribution >= 0.6 is 0 Å². The molecule has 0 bridgehead atoms. The number of anilines is 1. The van der Waals surface area contributed by atoms with Crippen molar-refractivity contribution in [2.45, 2.75) is 6.92 Å². The lowest BCUT2D eigenvalue weighted by molar-refractivity contribution is 0.102. The number of hydrogen-bond donors (Lipinski definition) is 3. The van der Waals surface area contributed by atoms with E-state index < -0.39 is 5.91 Å². The molecule has 0 fully saturated rings. The number of nitrogens with one attached hydrogen (secondary N) is 2. The molecule has 0 aliphatic rings. The molecule has 100 valence electrons. The van der Waals surface area contributed by atoms with Crippen LogP contribution in [0, 0.1) is 6.92 Å². The second-order valence-corrected chi connectivity index (χ2v) is 4.53. The number of carbonyl (C=O) groups is 1. The first-order valence-corrected chi connectivity index (χ1v) is 6.20. The molecule has 3 N–H and O–H groups in total. The molecule has 0 saturated heterocycles. The summed E-state index contributed by atoms with van der Waals surface area (Å²) in [4.78, 5) is 19.4. The zero-order valence-electron chi connectivity index (χ0n) is 10.8. The van der Waals surface area contributed by atoms with Crippen molar-refractivity contribution in [3.05, 3.63) is 53.6 Å². The van der Waals surface area contributed by atoms with Crippen LogP contribution < -0.4 is 5.32 Å². The third kappa shape index (κ3) is 2.09. The summed E-state index contributed by atoms with van der Waals surface area (Å²) in [6, 6.07) is 12.5. The number of phenols is 1. The fraction of sp³-hybridized carbons (Fsp3) is 0.0667. The minimum absolute atomic E-state index is 0.0129. The number of aromatic hydroxyl groups is 1. The Morgan fingerprint density at radius 2 is 2.00 bits per heavy atom. The second-order valence-electron chi connectivity index (χ2n) is 4.53. The zero-order chi connectivity index (χ0) is 14.1. The van der Waals surface area contributed by atoms with Crippen LogP contribution in [0.15, 0.2) is 42.5 Å². The highest BCUT2D eigenvalue weighted by Crippen LogP contribution is 2.22. The number of para-hydroxylation sites is 3. The maximum Gasteiger partial charge on any atom is 0.261 e. The zero-order valence-corrected chi connectivity index (χ0v) is 10.8. The van der Waals surface area contributed by atoms with Crippen LogP contribution in [0.2, 0.25) is 0 Å². The number of hydrogen-bond acceptors (Lipinski definition) is 3. The van der Waals surface area contributed by atoms with Gasteiger partial charge in [0.1, 0.15) is 5.75 Å². The molecule has 1 aromatic heterocycles. The molecule has 20 heavy (non-hydrogen) atoms. The number of carbonyl (C=O) groups excluding carboxylic acids is 1. The number of fused-ring (bicyclic) bond motifs is 1. The summed E-state index contributed by atoms with van der Waals surface area (Å²) in [5.41, 5.74) is 2.50. The third-order valence-electron chi connectivity index (χ3n) is 3.10. The van der Waals surface area contributed by atoms with Gasteiger partial charge in [-0.2, -0.15) is 0 Å². The van der Waals surface area contributed by atoms with E-state index in [2.05, 4.69) is 15.3 Å². The average Bonchev–Trinajstić information content (AvgIpc) is 2.83. The molecule has 1 heterocycles. The first-order valence-electron chi connectivity index (χ1n) is 6.20. The minimum atomic E-state index is -0.398. The standard InChI is InChI=1S/C15H13N3O2/c1-9-5-4-6-10(13(9)19)14(20)18-15-16-11-7-2-3-8-12(11)17-15/h2-8,19H,1H3,(H2,16,17,18,20). The first-order chi connectivity index (χ1) is 9.65. The molecule has 3 rings (SSSR count). The number of H-pyrrole nitrogens is 1. The predicted molar refractivity (Wildman–Crippen MR) is 76.9 cm³/mol. The normalized spacial score (nSPS) is 10.7. The average molecular weight is 267 g/mol. The van der Waals surface area contributed by atoms with Gasteiger partial charge in [-0.05, 0) is 30.7 Å². The van der Waals surface area contributed by atoms with Crippen molar-refractivity contribution in [3.63, 3.8) is 0 Å². The summed E-state index contributed by atoms with van der Waals surface area (Å²) in [6.45, 7) is 1.74. The Morgan fingerprint density at radius 3 is 2.80 bits per heavy atom. The van der Waals surface area contributed by atoms with Crippen molar-refractivity contribution < 1.29 is 9.90 Å². The molecular formula is C15H13N3O2. The molecule has 0 aliphatic carbocycles. The van der Waals surface area contributed by atoms with Crippen LogP contribution in [0.3, 0.4) is 0 Å². The molecule has 5 nitrogen and oxygen atoms in total. The number of benzene rings is 2. The predicted octanol–water partition coefficient (Wildman–Crippen LogP) is 2.83. The Kier molecular flexibility index (Phi) is 2.87. The Bertz CT molecular complexity index is 760. The van der Waals surface area contributed by atoms with E-state index in [-0.39, 0.29) is 11.3 Å². The highest BCUT2D eigenvalue weighted by Gasteiger charge is 2.14. The monoisotopic (exact) mass is 267 g/mol. The van der Waals surface area contributed by atoms with Gasteiger partial charge in [0.05, 0.1) is 16.6 Å². The van der Waals surface area contributed by atoms with Gasteiger partial charge in [0.25, 0.3) is 5.91 Å². The van der Waals surface area contributed by atoms with E-state index in [9.17, 15) is 9.90 Å². The summed E-state index contributed by atoms with van der Waals surface area (Å²) in [5.74, 6) is -0.0523. The van der Waals surface area contributed by atoms with Gasteiger partial charge in [0.15, 0.2) is 0 Å². The molecule has 0 saturated carbocycles. The third-order valence-corrected chi connectivity index (χ3v) is 3.10. The second kappa shape index (κ2) is 4.70. The van der Waals surface area contributed by atoms with E-state index in [1.807, 2.05) is 24.3 Å². The van der Waals surface area contributed by atoms with Crippen LogP contribution in [0.5, 0.6) is 5.75 Å². The van der Waals surface area contributed by atoms with Crippen LogP contribution in [0.25, 0.3) is 11.0 Å². The van der Waals surface area contributed by atoms with Gasteiger partial charge in [-0.3, -0.25) is 10.1 Å². The number of imidazole rings is 1. The molecule has 0 unspecified atom stereocenters. The van der Waals surface area contributed by atoms with Crippen molar-refractivity contribution in [1.29, 1.82) is 0 Å². The summed E-state index contributed by atoms with van der Waals surface area (Å²) >= 11 is 0. The van der Waals surface area contributed by atoms with Gasteiger partial charge < -0.3 is 10.1 Å². The molecular weight excluding hydrogens is 254 g/mol. The van der Waals surface area contributed by atoms with Gasteiger partial charge in [-0.1, -0.05) is 24.3 Å². The Balaban J connectivity index is 1.90. The lowest BCUT2D eigenvalue weighted by Gasteiger charge is -2.06. The van der Waals surface area contributed by atoms with Gasteiger partial charge >= 0.3 is 0 Å². The molecule has 0 aliphatic heterocycles. The molecule has 3 aromatic rings. The van der Waals surface area contributed by atoms with Crippen LogP contribution in [0.1, 0.15) is 15.9 Å². The molecule has 0 atom stereocenters. The Morgan fingerprint density at radius 1 is 1.20 bits per heavy atom. The van der Waals surface area contributed by atoms with Gasteiger partial charge in [-0.15, -0.1) is 0 Å². The topological polar surface area (TPSA) is 78.0 Å². The summed E-state index contributed by atoms with van der Waals surface area (Å²) < 4.78 is 0. The van der Waals surface area contributed by atoms with E-state index in [0.29, 0.717) is 11.5 Å². The molecule has 1 amide bonds. The highest BCUT2D eigenvalue weighted by atomic mass is 16.3. The lowest BCUT2D eigenvalue weighted by Crippen LogP contribution is -2.13. The van der Waals surface area contributed by atoms with E-state index in [1.165, 1.54) is 0 Å². The summed E-state index contributed by atoms with van der Waals surface area (Å²) in [5, 5.41) is 12.5. The highest BCUT2D eigenvalue weighted by molar-refractivity contribution is 6.06. The largest absolute Gasteiger partial charge is 0.507 e. The number of amides is 1. The summed E-state index contributed by atoms with van der Waals surface area (Å²) in [6.07, 6.45) is 0. The number of aromatic amines is 1. The van der Waals surface area contributed by atoms with E-state index in [0.717, 1.165) is 11.0 Å². The van der Waals surface area contributed by atoms with Crippen LogP contribution in [-0.2, 0) is 0 Å². The maximum atomic E-state index is 12.1. The fourth-order valence-electron chi connectivity index (χ4n) is 2.03. The van der Waals surface area contributed by atoms with E-state index in [1.54, 1.807) is 25.1 Å². The molecule has 0 radical (unpaired) electrons. The van der Waals surface area contributed by atoms with Crippen molar-refractivity contribution in [1.82, 2.24) is 9.97 Å². The van der Waals surface area contributed by atoms with Gasteiger partial charge in [0.2, 0.25) is 5.95 Å². The maximum absolute atomic E-state index is 12.1. The number of aromatic nitrogens is 2. The van der Waals surface area contributed by atoms with Crippen LogP contribution in [0.4, 0.5) is 5.95 Å². The fourth-order valence-corrected chi connectivity index (χ4v) is 2.03. The minimum Gasteiger partial charge on any atom is -0.507 e. The molecule has 0 spiro atoms. The number of aryl methyl sites for hydroxylation is 1. The van der Waals surface area contributed by atoms with Crippen molar-refractivity contribution in [2.24, 2.45) is 0 Å². The number of phenolic OH excluding ortho intramolecular Hbond substituents is 1. The van der Waals surface area contributed by atoms with Crippen molar-refractivity contribution in [2.75, 3.05) is 5.32 Å². The van der Waals surface area contributed by atoms with E-state index >= 15 is 0 Å². The quantitative estimate of drug-likeness (QED) is 0.668. The number of rotatable bonds is 2. The Hall–Kier alpha value is -2.82. The lowest BCUT2D eigenvalue weighted by atomic mass is 10.1. The van der Waals surface area contributed by atoms with E-state index in [4.69, 9.17) is 0 Å². The van der Waals surface area contributed by atoms with Crippen molar-refractivity contribution in [3.8, 4) is 5.75 Å². The molecule has 2 aromatic carbocycles. The SMILES string of the molecule is Cc1cccc(C(=O)Nc2nc3ccccc3[nH]2)c1O. The van der Waals surface area contributed by atoms with Gasteiger partial charge in [-0.25, -0.2) is 4.98 Å². The summed E-state index contributed by atoms with van der Waals surface area (Å²) in [7, 11) is 0. The van der Waals surface area contributed by atoms with Crippen molar-refractivity contribution >= 4 is 22.9 Å². The van der Waals surface area contributed by atoms with Gasteiger partial charge in [0, 0.05) is 0 Å². The number of nitrogens with zero attached hydrogens (tertiary/aromatic N) is 1.